The molecule has 0 spiro atoms. The van der Waals surface area contributed by atoms with Gasteiger partial charge < -0.3 is 20.1 Å². The lowest BCUT2D eigenvalue weighted by atomic mass is 10.1. The quantitative estimate of drug-likeness (QED) is 0.300. The molecule has 0 unspecified atom stereocenters. The van der Waals surface area contributed by atoms with Crippen molar-refractivity contribution >= 4 is 29.9 Å². The number of morpholine rings is 1. The van der Waals surface area contributed by atoms with Gasteiger partial charge in [-0.1, -0.05) is 36.4 Å². The fourth-order valence-corrected chi connectivity index (χ4v) is 4.09. The molecule has 2 aromatic carbocycles. The van der Waals surface area contributed by atoms with Gasteiger partial charge in [0.2, 0.25) is 0 Å². The van der Waals surface area contributed by atoms with E-state index in [1.165, 1.54) is 22.3 Å². The van der Waals surface area contributed by atoms with Crippen molar-refractivity contribution in [1.82, 2.24) is 15.5 Å². The fourth-order valence-electron chi connectivity index (χ4n) is 4.09. The number of rotatable bonds is 8. The Balaban J connectivity index is 0.00000289. The van der Waals surface area contributed by atoms with Crippen LogP contribution in [0.5, 0.6) is 5.75 Å². The van der Waals surface area contributed by atoms with E-state index < -0.39 is 0 Å². The molecule has 2 heterocycles. The zero-order valence-electron chi connectivity index (χ0n) is 18.9. The Kier molecular flexibility index (Phi) is 10.1. The Morgan fingerprint density at radius 3 is 2.66 bits per heavy atom. The number of fused-ring (bicyclic) bond motifs is 1. The number of aliphatic imine (C=N–C) groups is 1. The van der Waals surface area contributed by atoms with Crippen molar-refractivity contribution in [3.63, 3.8) is 0 Å². The number of halogens is 1. The van der Waals surface area contributed by atoms with Gasteiger partial charge in [0.1, 0.15) is 5.75 Å². The van der Waals surface area contributed by atoms with Gasteiger partial charge in [0.05, 0.1) is 26.4 Å². The number of guanidine groups is 1. The van der Waals surface area contributed by atoms with Gasteiger partial charge in [0, 0.05) is 39.1 Å². The van der Waals surface area contributed by atoms with Gasteiger partial charge in [-0.15, -0.1) is 24.0 Å². The van der Waals surface area contributed by atoms with E-state index in [9.17, 15) is 0 Å². The van der Waals surface area contributed by atoms with Crippen molar-refractivity contribution in [3.05, 3.63) is 64.7 Å². The highest BCUT2D eigenvalue weighted by molar-refractivity contribution is 14.0. The molecule has 0 bridgehead atoms. The monoisotopic (exact) mass is 550 g/mol. The van der Waals surface area contributed by atoms with E-state index in [-0.39, 0.29) is 24.0 Å². The lowest BCUT2D eigenvalue weighted by molar-refractivity contribution is 0.0341. The van der Waals surface area contributed by atoms with Crippen LogP contribution in [0.1, 0.15) is 29.2 Å². The van der Waals surface area contributed by atoms with E-state index in [0.717, 1.165) is 77.1 Å². The van der Waals surface area contributed by atoms with Crippen LogP contribution >= 0.6 is 24.0 Å². The van der Waals surface area contributed by atoms with Crippen LogP contribution in [0.2, 0.25) is 0 Å². The topological polar surface area (TPSA) is 58.1 Å². The lowest BCUT2D eigenvalue weighted by Crippen LogP contribution is -2.38. The molecule has 0 radical (unpaired) electrons. The van der Waals surface area contributed by atoms with Crippen LogP contribution in [0.4, 0.5) is 0 Å². The van der Waals surface area contributed by atoms with E-state index in [4.69, 9.17) is 14.5 Å². The van der Waals surface area contributed by atoms with Gasteiger partial charge in [0.25, 0.3) is 0 Å². The molecular weight excluding hydrogens is 515 g/mol. The SMILES string of the molecule is CCNC(=NCc1ccccc1CN1CCOCC1)NCCc1ccc2c(c1)CCO2.I. The van der Waals surface area contributed by atoms with E-state index >= 15 is 0 Å². The molecule has 4 rings (SSSR count). The summed E-state index contributed by atoms with van der Waals surface area (Å²) in [5, 5.41) is 6.86. The maximum atomic E-state index is 5.61. The first kappa shape index (κ1) is 24.8. The van der Waals surface area contributed by atoms with Crippen LogP contribution in [0.15, 0.2) is 47.5 Å². The summed E-state index contributed by atoms with van der Waals surface area (Å²) in [6, 6.07) is 15.2. The maximum absolute atomic E-state index is 5.61. The fraction of sp³-hybridized carbons (Fsp3) is 0.480. The molecule has 6 nitrogen and oxygen atoms in total. The van der Waals surface area contributed by atoms with Gasteiger partial charge in [0.15, 0.2) is 5.96 Å². The molecule has 32 heavy (non-hydrogen) atoms. The molecule has 2 aliphatic heterocycles. The largest absolute Gasteiger partial charge is 0.493 e. The molecule has 7 heteroatoms. The highest BCUT2D eigenvalue weighted by Crippen LogP contribution is 2.25. The first-order chi connectivity index (χ1) is 15.3. The van der Waals surface area contributed by atoms with E-state index in [1.807, 2.05) is 0 Å². The van der Waals surface area contributed by atoms with E-state index in [0.29, 0.717) is 6.54 Å². The van der Waals surface area contributed by atoms with Crippen molar-refractivity contribution in [2.24, 2.45) is 4.99 Å². The minimum atomic E-state index is 0. The predicted octanol–water partition coefficient (Wildman–Crippen LogP) is 3.37. The number of hydrogen-bond acceptors (Lipinski definition) is 4. The summed E-state index contributed by atoms with van der Waals surface area (Å²) in [4.78, 5) is 7.31. The number of nitrogens with one attached hydrogen (secondary N) is 2. The second-order valence-corrected chi connectivity index (χ2v) is 8.07. The molecule has 1 saturated heterocycles. The Morgan fingerprint density at radius 1 is 1.03 bits per heavy atom. The van der Waals surface area contributed by atoms with Crippen molar-refractivity contribution < 1.29 is 9.47 Å². The lowest BCUT2D eigenvalue weighted by Gasteiger charge is -2.27. The standard InChI is InChI=1S/C25H34N4O2.HI/c1-2-26-25(27-11-9-20-7-8-24-21(17-20)10-14-31-24)28-18-22-5-3-4-6-23(22)19-29-12-15-30-16-13-29;/h3-8,17H,2,9-16,18-19H2,1H3,(H2,26,27,28);1H. The zero-order chi connectivity index (χ0) is 21.3. The van der Waals surface area contributed by atoms with Crippen LogP contribution < -0.4 is 15.4 Å². The van der Waals surface area contributed by atoms with E-state index in [1.54, 1.807) is 0 Å². The van der Waals surface area contributed by atoms with Crippen LogP contribution in [0.3, 0.4) is 0 Å². The van der Waals surface area contributed by atoms with Crippen LogP contribution in [-0.4, -0.2) is 56.9 Å². The summed E-state index contributed by atoms with van der Waals surface area (Å²) in [6.45, 7) is 9.88. The Labute approximate surface area is 208 Å². The number of nitrogens with zero attached hydrogens (tertiary/aromatic N) is 2. The van der Waals surface area contributed by atoms with Crippen LogP contribution in [0.25, 0.3) is 0 Å². The number of hydrogen-bond donors (Lipinski definition) is 2. The molecule has 0 aromatic heterocycles. The third kappa shape index (κ3) is 7.08. The molecule has 0 saturated carbocycles. The summed E-state index contributed by atoms with van der Waals surface area (Å²) < 4.78 is 11.1. The van der Waals surface area contributed by atoms with Crippen molar-refractivity contribution in [1.29, 1.82) is 0 Å². The molecule has 0 atom stereocenters. The predicted molar refractivity (Wildman–Crippen MR) is 140 cm³/mol. The summed E-state index contributed by atoms with van der Waals surface area (Å²) in [5.41, 5.74) is 5.30. The summed E-state index contributed by atoms with van der Waals surface area (Å²) in [7, 11) is 0. The Morgan fingerprint density at radius 2 is 1.84 bits per heavy atom. The van der Waals surface area contributed by atoms with Crippen molar-refractivity contribution in [2.75, 3.05) is 46.0 Å². The normalized spacial score (nSPS) is 16.1. The van der Waals surface area contributed by atoms with Crippen LogP contribution in [0, 0.1) is 0 Å². The van der Waals surface area contributed by atoms with Gasteiger partial charge in [-0.25, -0.2) is 4.99 Å². The van der Waals surface area contributed by atoms with Crippen LogP contribution in [-0.2, 0) is 30.7 Å². The maximum Gasteiger partial charge on any atom is 0.191 e. The smallest absolute Gasteiger partial charge is 0.191 e. The summed E-state index contributed by atoms with van der Waals surface area (Å²) in [5.74, 6) is 1.91. The molecule has 2 N–H and O–H groups in total. The first-order valence-corrected chi connectivity index (χ1v) is 11.5. The molecule has 174 valence electrons. The average molecular weight is 550 g/mol. The van der Waals surface area contributed by atoms with Gasteiger partial charge in [-0.3, -0.25) is 4.90 Å². The summed E-state index contributed by atoms with van der Waals surface area (Å²) in [6.07, 6.45) is 1.98. The molecule has 0 aliphatic carbocycles. The highest BCUT2D eigenvalue weighted by atomic mass is 127. The number of ether oxygens (including phenoxy) is 2. The molecule has 1 fully saturated rings. The van der Waals surface area contributed by atoms with Crippen molar-refractivity contribution in [2.45, 2.75) is 32.9 Å². The first-order valence-electron chi connectivity index (χ1n) is 11.5. The summed E-state index contributed by atoms with van der Waals surface area (Å²) >= 11 is 0. The third-order valence-corrected chi connectivity index (χ3v) is 5.83. The minimum Gasteiger partial charge on any atom is -0.493 e. The molecule has 2 aromatic rings. The highest BCUT2D eigenvalue weighted by Gasteiger charge is 2.13. The number of benzene rings is 2. The molecular formula is C25H35IN4O2. The second-order valence-electron chi connectivity index (χ2n) is 8.07. The minimum absolute atomic E-state index is 0. The second kappa shape index (κ2) is 13.0. The zero-order valence-corrected chi connectivity index (χ0v) is 21.3. The molecule has 0 amide bonds. The van der Waals surface area contributed by atoms with E-state index in [2.05, 4.69) is 64.9 Å². The Hall–Kier alpha value is -1.84. The Bertz CT molecular complexity index is 884. The van der Waals surface area contributed by atoms with Gasteiger partial charge in [-0.05, 0) is 41.7 Å². The average Bonchev–Trinajstić information content (AvgIpc) is 3.27. The van der Waals surface area contributed by atoms with Gasteiger partial charge in [-0.2, -0.15) is 0 Å². The van der Waals surface area contributed by atoms with Gasteiger partial charge >= 0.3 is 0 Å². The molecule has 2 aliphatic rings. The van der Waals surface area contributed by atoms with Crippen molar-refractivity contribution in [3.8, 4) is 5.75 Å². The third-order valence-electron chi connectivity index (χ3n) is 5.83.